The van der Waals surface area contributed by atoms with Gasteiger partial charge in [-0.2, -0.15) is 0 Å². The predicted molar refractivity (Wildman–Crippen MR) is 108 cm³/mol. The van der Waals surface area contributed by atoms with Crippen LogP contribution in [-0.4, -0.2) is 23.4 Å². The number of hydrogen-bond donors (Lipinski definition) is 3. The first kappa shape index (κ1) is 17.6. The van der Waals surface area contributed by atoms with Gasteiger partial charge in [-0.05, 0) is 34.5 Å². The summed E-state index contributed by atoms with van der Waals surface area (Å²) >= 11 is 0. The van der Waals surface area contributed by atoms with Crippen LogP contribution in [0.25, 0.3) is 21.7 Å². The molecule has 6 heteroatoms. The number of ether oxygens (including phenoxy) is 1. The Hall–Kier alpha value is -3.80. The number of H-pyrrole nitrogens is 1. The second-order valence-corrected chi connectivity index (χ2v) is 6.43. The molecule has 0 radical (unpaired) electrons. The van der Waals surface area contributed by atoms with E-state index >= 15 is 0 Å². The molecule has 0 spiro atoms. The second-order valence-electron chi connectivity index (χ2n) is 6.43. The number of rotatable bonds is 5. The van der Waals surface area contributed by atoms with E-state index in [4.69, 9.17) is 4.74 Å². The Bertz CT molecular complexity index is 1150. The highest BCUT2D eigenvalue weighted by atomic mass is 16.5. The number of hydrazine groups is 1. The van der Waals surface area contributed by atoms with Crippen molar-refractivity contribution in [2.45, 2.75) is 6.42 Å². The predicted octanol–water partition coefficient (Wildman–Crippen LogP) is 3.09. The van der Waals surface area contributed by atoms with E-state index in [-0.39, 0.29) is 18.9 Å². The van der Waals surface area contributed by atoms with E-state index in [1.807, 2.05) is 66.7 Å². The molecular formula is C22H19N3O3. The number of aromatic amines is 1. The quantitative estimate of drug-likeness (QED) is 0.470. The average Bonchev–Trinajstić information content (AvgIpc) is 3.13. The molecule has 28 heavy (non-hydrogen) atoms. The molecule has 0 aliphatic rings. The van der Waals surface area contributed by atoms with Crippen LogP contribution in [0.2, 0.25) is 0 Å². The lowest BCUT2D eigenvalue weighted by atomic mass is 10.1. The third-order valence-corrected chi connectivity index (χ3v) is 4.46. The minimum Gasteiger partial charge on any atom is -0.484 e. The maximum atomic E-state index is 12.1. The third-order valence-electron chi connectivity index (χ3n) is 4.46. The summed E-state index contributed by atoms with van der Waals surface area (Å²) < 4.78 is 5.50. The van der Waals surface area contributed by atoms with Gasteiger partial charge in [0.2, 0.25) is 5.91 Å². The van der Waals surface area contributed by atoms with E-state index in [1.54, 1.807) is 6.20 Å². The van der Waals surface area contributed by atoms with Crippen LogP contribution < -0.4 is 15.6 Å². The maximum absolute atomic E-state index is 12.1. The summed E-state index contributed by atoms with van der Waals surface area (Å²) in [5.74, 6) is -0.136. The third kappa shape index (κ3) is 3.96. The average molecular weight is 373 g/mol. The number of benzene rings is 3. The van der Waals surface area contributed by atoms with Gasteiger partial charge >= 0.3 is 0 Å². The summed E-state index contributed by atoms with van der Waals surface area (Å²) in [6.07, 6.45) is 1.96. The van der Waals surface area contributed by atoms with Crippen molar-refractivity contribution in [1.82, 2.24) is 15.8 Å². The summed E-state index contributed by atoms with van der Waals surface area (Å²) in [7, 11) is 0. The molecular weight excluding hydrogens is 354 g/mol. The zero-order valence-electron chi connectivity index (χ0n) is 15.1. The van der Waals surface area contributed by atoms with Gasteiger partial charge in [0.05, 0.1) is 6.42 Å². The topological polar surface area (TPSA) is 83.2 Å². The van der Waals surface area contributed by atoms with E-state index in [1.165, 1.54) is 0 Å². The number of hydrogen-bond acceptors (Lipinski definition) is 3. The Morgan fingerprint density at radius 1 is 0.857 bits per heavy atom. The largest absolute Gasteiger partial charge is 0.484 e. The molecule has 3 N–H and O–H groups in total. The lowest BCUT2D eigenvalue weighted by Gasteiger charge is -2.09. The van der Waals surface area contributed by atoms with Crippen LogP contribution in [0.5, 0.6) is 5.75 Å². The number of amides is 2. The highest BCUT2D eigenvalue weighted by Gasteiger charge is 2.10. The fourth-order valence-corrected chi connectivity index (χ4v) is 3.08. The molecule has 1 aromatic heterocycles. The molecule has 0 aliphatic heterocycles. The van der Waals surface area contributed by atoms with Crippen molar-refractivity contribution < 1.29 is 14.3 Å². The van der Waals surface area contributed by atoms with Gasteiger partial charge in [0.15, 0.2) is 6.61 Å². The van der Waals surface area contributed by atoms with Crippen molar-refractivity contribution in [3.8, 4) is 5.75 Å². The molecule has 0 bridgehead atoms. The number of carbonyl (C=O) groups excluding carboxylic acids is 2. The molecule has 140 valence electrons. The fourth-order valence-electron chi connectivity index (χ4n) is 3.08. The summed E-state index contributed by atoms with van der Waals surface area (Å²) in [4.78, 5) is 27.2. The minimum absolute atomic E-state index is 0.163. The van der Waals surface area contributed by atoms with Crippen LogP contribution in [0.1, 0.15) is 5.56 Å². The zero-order chi connectivity index (χ0) is 19.3. The lowest BCUT2D eigenvalue weighted by Crippen LogP contribution is -2.44. The molecule has 2 amide bonds. The Balaban J connectivity index is 1.27. The summed E-state index contributed by atoms with van der Waals surface area (Å²) in [6.45, 7) is -0.189. The first-order valence-corrected chi connectivity index (χ1v) is 8.93. The maximum Gasteiger partial charge on any atom is 0.276 e. The number of aromatic nitrogens is 1. The van der Waals surface area contributed by atoms with Crippen molar-refractivity contribution in [3.05, 3.63) is 78.5 Å². The second kappa shape index (κ2) is 7.84. The van der Waals surface area contributed by atoms with Crippen molar-refractivity contribution in [1.29, 1.82) is 0 Å². The standard InChI is InChI=1S/C22H19N3O3/c26-21(12-17-13-23-20-8-4-3-7-19(17)20)24-25-22(27)14-28-18-10-9-15-5-1-2-6-16(15)11-18/h1-11,13,23H,12,14H2,(H,24,26)(H,25,27). The Labute approximate surface area is 161 Å². The van der Waals surface area contributed by atoms with Crippen molar-refractivity contribution in [2.75, 3.05) is 6.61 Å². The van der Waals surface area contributed by atoms with Gasteiger partial charge in [0.25, 0.3) is 5.91 Å². The zero-order valence-corrected chi connectivity index (χ0v) is 15.1. The van der Waals surface area contributed by atoms with Gasteiger partial charge in [-0.25, -0.2) is 0 Å². The SMILES string of the molecule is O=C(COc1ccc2ccccc2c1)NNC(=O)Cc1c[nH]c2ccccc12. The van der Waals surface area contributed by atoms with Gasteiger partial charge in [-0.3, -0.25) is 20.4 Å². The summed E-state index contributed by atoms with van der Waals surface area (Å²) in [5.41, 5.74) is 6.64. The van der Waals surface area contributed by atoms with Crippen molar-refractivity contribution >= 4 is 33.5 Å². The Morgan fingerprint density at radius 3 is 2.50 bits per heavy atom. The van der Waals surface area contributed by atoms with Gasteiger partial charge in [-0.1, -0.05) is 48.5 Å². The monoisotopic (exact) mass is 373 g/mol. The smallest absolute Gasteiger partial charge is 0.276 e. The molecule has 0 aliphatic carbocycles. The number of nitrogens with one attached hydrogen (secondary N) is 3. The molecule has 0 unspecified atom stereocenters. The number of fused-ring (bicyclic) bond motifs is 2. The van der Waals surface area contributed by atoms with Crippen LogP contribution in [0, 0.1) is 0 Å². The fraction of sp³-hybridized carbons (Fsp3) is 0.0909. The van der Waals surface area contributed by atoms with E-state index in [0.717, 1.165) is 27.2 Å². The molecule has 1 heterocycles. The molecule has 4 aromatic rings. The lowest BCUT2D eigenvalue weighted by molar-refractivity contribution is -0.129. The minimum atomic E-state index is -0.430. The van der Waals surface area contributed by atoms with Crippen molar-refractivity contribution in [2.24, 2.45) is 0 Å². The molecule has 0 atom stereocenters. The van der Waals surface area contributed by atoms with Crippen LogP contribution in [0.3, 0.4) is 0 Å². The van der Waals surface area contributed by atoms with Crippen molar-refractivity contribution in [3.63, 3.8) is 0 Å². The van der Waals surface area contributed by atoms with Crippen LogP contribution in [0.15, 0.2) is 72.9 Å². The van der Waals surface area contributed by atoms with E-state index in [2.05, 4.69) is 15.8 Å². The normalized spacial score (nSPS) is 10.7. The van der Waals surface area contributed by atoms with Crippen LogP contribution in [0.4, 0.5) is 0 Å². The molecule has 4 rings (SSSR count). The molecule has 0 saturated heterocycles. The highest BCUT2D eigenvalue weighted by Crippen LogP contribution is 2.20. The van der Waals surface area contributed by atoms with E-state index in [0.29, 0.717) is 5.75 Å². The van der Waals surface area contributed by atoms with Crippen LogP contribution in [-0.2, 0) is 16.0 Å². The van der Waals surface area contributed by atoms with E-state index in [9.17, 15) is 9.59 Å². The summed E-state index contributed by atoms with van der Waals surface area (Å²) in [5, 5.41) is 3.12. The highest BCUT2D eigenvalue weighted by molar-refractivity contribution is 5.90. The Morgan fingerprint density at radius 2 is 1.61 bits per heavy atom. The molecule has 0 fully saturated rings. The van der Waals surface area contributed by atoms with Gasteiger partial charge in [0.1, 0.15) is 5.75 Å². The first-order chi connectivity index (χ1) is 13.7. The Kier molecular flexibility index (Phi) is 4.93. The van der Waals surface area contributed by atoms with E-state index < -0.39 is 5.91 Å². The van der Waals surface area contributed by atoms with Crippen LogP contribution >= 0.6 is 0 Å². The molecule has 0 saturated carbocycles. The number of para-hydroxylation sites is 1. The van der Waals surface area contributed by atoms with Gasteiger partial charge < -0.3 is 9.72 Å². The first-order valence-electron chi connectivity index (χ1n) is 8.93. The molecule has 6 nitrogen and oxygen atoms in total. The van der Waals surface area contributed by atoms with Gasteiger partial charge in [0, 0.05) is 17.1 Å². The van der Waals surface area contributed by atoms with Gasteiger partial charge in [-0.15, -0.1) is 0 Å². The number of carbonyl (C=O) groups is 2. The summed E-state index contributed by atoms with van der Waals surface area (Å²) in [6, 6.07) is 21.3. The molecule has 3 aromatic carbocycles.